The van der Waals surface area contributed by atoms with Crippen LogP contribution in [0.2, 0.25) is 0 Å². The molecule has 1 saturated heterocycles. The summed E-state index contributed by atoms with van der Waals surface area (Å²) in [6, 6.07) is 0. The van der Waals surface area contributed by atoms with Crippen molar-refractivity contribution in [2.75, 3.05) is 26.9 Å². The molecule has 0 spiro atoms. The van der Waals surface area contributed by atoms with E-state index in [9.17, 15) is 5.11 Å². The topological polar surface area (TPSA) is 47.9 Å². The lowest BCUT2D eigenvalue weighted by atomic mass is 9.90. The van der Waals surface area contributed by atoms with Gasteiger partial charge in [0.15, 0.2) is 0 Å². The van der Waals surface area contributed by atoms with Gasteiger partial charge in [-0.25, -0.2) is 0 Å². The van der Waals surface area contributed by atoms with Crippen molar-refractivity contribution in [3.05, 3.63) is 0 Å². The van der Waals surface area contributed by atoms with Crippen molar-refractivity contribution in [1.82, 2.24) is 0 Å². The van der Waals surface area contributed by atoms with Crippen LogP contribution in [0.1, 0.15) is 40.0 Å². The fourth-order valence-corrected chi connectivity index (χ4v) is 2.16. The predicted molar refractivity (Wildman–Crippen MR) is 70.7 cm³/mol. The maximum atomic E-state index is 9.77. The molecule has 0 amide bonds. The van der Waals surface area contributed by atoms with E-state index < -0.39 is 6.10 Å². The normalized spacial score (nSPS) is 28.8. The van der Waals surface area contributed by atoms with Gasteiger partial charge in [-0.05, 0) is 18.3 Å². The van der Waals surface area contributed by atoms with Gasteiger partial charge in [-0.1, -0.05) is 27.2 Å². The van der Waals surface area contributed by atoms with Gasteiger partial charge in [0.2, 0.25) is 0 Å². The summed E-state index contributed by atoms with van der Waals surface area (Å²) in [6.07, 6.45) is 2.49. The smallest absolute Gasteiger partial charge is 0.114 e. The fraction of sp³-hybridized carbons (Fsp3) is 1.00. The van der Waals surface area contributed by atoms with Crippen molar-refractivity contribution in [2.24, 2.45) is 5.41 Å². The average Bonchev–Trinajstić information content (AvgIpc) is 2.59. The van der Waals surface area contributed by atoms with Gasteiger partial charge in [-0.3, -0.25) is 0 Å². The Morgan fingerprint density at radius 3 is 2.61 bits per heavy atom. The molecule has 1 fully saturated rings. The molecule has 1 aliphatic heterocycles. The van der Waals surface area contributed by atoms with Gasteiger partial charge in [0.25, 0.3) is 0 Å². The Labute approximate surface area is 111 Å². The zero-order chi connectivity index (χ0) is 13.6. The van der Waals surface area contributed by atoms with Gasteiger partial charge in [0, 0.05) is 13.7 Å². The Hall–Kier alpha value is -0.160. The van der Waals surface area contributed by atoms with Gasteiger partial charge >= 0.3 is 0 Å². The molecule has 1 heterocycles. The van der Waals surface area contributed by atoms with Crippen molar-refractivity contribution < 1.29 is 19.3 Å². The third-order valence-electron chi connectivity index (χ3n) is 3.19. The summed E-state index contributed by atoms with van der Waals surface area (Å²) in [5.41, 5.74) is 0.384. The monoisotopic (exact) mass is 260 g/mol. The Morgan fingerprint density at radius 1 is 1.28 bits per heavy atom. The molecule has 0 aliphatic carbocycles. The number of hydrogen-bond donors (Lipinski definition) is 1. The number of aliphatic hydroxyl groups is 1. The van der Waals surface area contributed by atoms with Gasteiger partial charge < -0.3 is 19.3 Å². The minimum absolute atomic E-state index is 0.132. The standard InChI is InChI=1S/C14H28O4/c1-14(2,3)7-5-6-8-17-13-11(15)9-18-12(13)10-16-4/h11-13,15H,5-10H2,1-4H3. The van der Waals surface area contributed by atoms with Gasteiger partial charge in [0.05, 0.1) is 13.2 Å². The van der Waals surface area contributed by atoms with Crippen LogP contribution in [0.3, 0.4) is 0 Å². The first-order valence-corrected chi connectivity index (χ1v) is 6.84. The second-order valence-electron chi connectivity index (χ2n) is 6.25. The van der Waals surface area contributed by atoms with E-state index in [1.165, 1.54) is 6.42 Å². The van der Waals surface area contributed by atoms with Crippen LogP contribution in [-0.2, 0) is 14.2 Å². The molecule has 18 heavy (non-hydrogen) atoms. The summed E-state index contributed by atoms with van der Waals surface area (Å²) < 4.78 is 16.2. The summed E-state index contributed by atoms with van der Waals surface area (Å²) >= 11 is 0. The molecular weight excluding hydrogens is 232 g/mol. The van der Waals surface area contributed by atoms with E-state index in [1.54, 1.807) is 7.11 Å². The number of aliphatic hydroxyl groups excluding tert-OH is 1. The predicted octanol–water partition coefficient (Wildman–Crippen LogP) is 1.99. The summed E-state index contributed by atoms with van der Waals surface area (Å²) in [6.45, 7) is 8.25. The van der Waals surface area contributed by atoms with Crippen LogP contribution < -0.4 is 0 Å². The first-order valence-electron chi connectivity index (χ1n) is 6.84. The SMILES string of the molecule is COCC1OCC(O)C1OCCCCC(C)(C)C. The number of rotatable bonds is 7. The van der Waals surface area contributed by atoms with Gasteiger partial charge in [-0.15, -0.1) is 0 Å². The molecule has 0 saturated carbocycles. The highest BCUT2D eigenvalue weighted by Crippen LogP contribution is 2.22. The fourth-order valence-electron chi connectivity index (χ4n) is 2.16. The molecule has 0 radical (unpaired) electrons. The zero-order valence-electron chi connectivity index (χ0n) is 12.1. The summed E-state index contributed by atoms with van der Waals surface area (Å²) in [5, 5.41) is 9.77. The maximum Gasteiger partial charge on any atom is 0.114 e. The molecule has 1 aliphatic rings. The van der Waals surface area contributed by atoms with Crippen LogP contribution in [-0.4, -0.2) is 50.3 Å². The van der Waals surface area contributed by atoms with Crippen LogP contribution in [0.15, 0.2) is 0 Å². The summed E-state index contributed by atoms with van der Waals surface area (Å²) in [5.74, 6) is 0. The molecule has 0 aromatic rings. The number of unbranched alkanes of at least 4 members (excludes halogenated alkanes) is 1. The third kappa shape index (κ3) is 5.65. The Kier molecular flexibility index (Phi) is 6.57. The molecule has 0 aromatic carbocycles. The van der Waals surface area contributed by atoms with Gasteiger partial charge in [-0.2, -0.15) is 0 Å². The lowest BCUT2D eigenvalue weighted by Gasteiger charge is -2.21. The van der Waals surface area contributed by atoms with E-state index >= 15 is 0 Å². The average molecular weight is 260 g/mol. The first kappa shape index (κ1) is 15.9. The summed E-state index contributed by atoms with van der Waals surface area (Å²) in [4.78, 5) is 0. The first-order chi connectivity index (χ1) is 8.44. The second-order valence-corrected chi connectivity index (χ2v) is 6.25. The van der Waals surface area contributed by atoms with Crippen molar-refractivity contribution in [3.63, 3.8) is 0 Å². The van der Waals surface area contributed by atoms with E-state index in [4.69, 9.17) is 14.2 Å². The quantitative estimate of drug-likeness (QED) is 0.711. The molecule has 3 unspecified atom stereocenters. The maximum absolute atomic E-state index is 9.77. The van der Waals surface area contributed by atoms with E-state index in [0.29, 0.717) is 25.2 Å². The minimum atomic E-state index is -0.521. The second kappa shape index (κ2) is 7.43. The lowest BCUT2D eigenvalue weighted by Crippen LogP contribution is -2.36. The van der Waals surface area contributed by atoms with Crippen LogP contribution in [0.25, 0.3) is 0 Å². The molecule has 1 N–H and O–H groups in total. The van der Waals surface area contributed by atoms with E-state index in [-0.39, 0.29) is 12.2 Å². The van der Waals surface area contributed by atoms with Crippen LogP contribution in [0, 0.1) is 5.41 Å². The largest absolute Gasteiger partial charge is 0.388 e. The molecule has 1 rings (SSSR count). The van der Waals surface area contributed by atoms with Crippen LogP contribution >= 0.6 is 0 Å². The highest BCUT2D eigenvalue weighted by molar-refractivity contribution is 4.84. The summed E-state index contributed by atoms with van der Waals surface area (Å²) in [7, 11) is 1.63. The molecule has 108 valence electrons. The third-order valence-corrected chi connectivity index (χ3v) is 3.19. The number of methoxy groups -OCH3 is 1. The molecule has 4 nitrogen and oxygen atoms in total. The Balaban J connectivity index is 2.17. The molecular formula is C14H28O4. The van der Waals surface area contributed by atoms with Crippen LogP contribution in [0.5, 0.6) is 0 Å². The zero-order valence-corrected chi connectivity index (χ0v) is 12.1. The lowest BCUT2D eigenvalue weighted by molar-refractivity contribution is -0.0600. The number of hydrogen-bond acceptors (Lipinski definition) is 4. The van der Waals surface area contributed by atoms with E-state index in [0.717, 1.165) is 12.8 Å². The van der Waals surface area contributed by atoms with Crippen LogP contribution in [0.4, 0.5) is 0 Å². The van der Waals surface area contributed by atoms with Gasteiger partial charge in [0.1, 0.15) is 18.3 Å². The molecule has 0 aromatic heterocycles. The number of ether oxygens (including phenoxy) is 3. The van der Waals surface area contributed by atoms with Crippen molar-refractivity contribution >= 4 is 0 Å². The van der Waals surface area contributed by atoms with E-state index in [1.807, 2.05) is 0 Å². The van der Waals surface area contributed by atoms with Crippen molar-refractivity contribution in [1.29, 1.82) is 0 Å². The Bertz CT molecular complexity index is 222. The highest BCUT2D eigenvalue weighted by Gasteiger charge is 2.36. The Morgan fingerprint density at radius 2 is 2.00 bits per heavy atom. The van der Waals surface area contributed by atoms with Crippen molar-refractivity contribution in [3.8, 4) is 0 Å². The molecule has 3 atom stereocenters. The molecule has 4 heteroatoms. The highest BCUT2D eigenvalue weighted by atomic mass is 16.6. The molecule has 0 bridgehead atoms. The minimum Gasteiger partial charge on any atom is -0.388 e. The van der Waals surface area contributed by atoms with Crippen molar-refractivity contribution in [2.45, 2.75) is 58.3 Å². The van der Waals surface area contributed by atoms with E-state index in [2.05, 4.69) is 20.8 Å².